The normalized spacial score (nSPS) is 11.4. The van der Waals surface area contributed by atoms with Crippen molar-refractivity contribution in [2.45, 2.75) is 6.92 Å². The van der Waals surface area contributed by atoms with Crippen molar-refractivity contribution in [3.63, 3.8) is 0 Å². The van der Waals surface area contributed by atoms with Crippen LogP contribution in [0.5, 0.6) is 0 Å². The summed E-state index contributed by atoms with van der Waals surface area (Å²) in [6.07, 6.45) is 1.84. The molecule has 3 heteroatoms. The minimum Gasteiger partial charge on any atom is -0.464 e. The van der Waals surface area contributed by atoms with Crippen LogP contribution in [-0.2, 0) is 0 Å². The van der Waals surface area contributed by atoms with Gasteiger partial charge in [0.25, 0.3) is 0 Å². The standard InChI is InChI=1S/C34H24N2O/c1-23-19-20-32-28(21-23)29(22-37-32)34-35-30-17-8-9-18-31(30)36(34)33-26(24-11-4-2-5-12-24)15-10-16-27(33)25-13-6-3-7-14-25/h2-22H,1H3. The number of aryl methyl sites for hydroxylation is 1. The maximum absolute atomic E-state index is 6.02. The van der Waals surface area contributed by atoms with Gasteiger partial charge >= 0.3 is 0 Å². The van der Waals surface area contributed by atoms with E-state index in [2.05, 4.69) is 121 Å². The van der Waals surface area contributed by atoms with E-state index in [0.717, 1.165) is 61.3 Å². The molecule has 3 nitrogen and oxygen atoms in total. The summed E-state index contributed by atoms with van der Waals surface area (Å²) in [6.45, 7) is 2.11. The summed E-state index contributed by atoms with van der Waals surface area (Å²) in [7, 11) is 0. The fraction of sp³-hybridized carbons (Fsp3) is 0.0294. The number of aromatic nitrogens is 2. The third kappa shape index (κ3) is 3.56. The summed E-state index contributed by atoms with van der Waals surface area (Å²) in [6, 6.07) is 42.4. The molecule has 0 saturated carbocycles. The molecule has 0 fully saturated rings. The predicted octanol–water partition coefficient (Wildman–Crippen LogP) is 9.08. The van der Waals surface area contributed by atoms with Crippen molar-refractivity contribution >= 4 is 22.0 Å². The molecule has 0 N–H and O–H groups in total. The largest absolute Gasteiger partial charge is 0.464 e. The first-order valence-corrected chi connectivity index (χ1v) is 12.5. The number of nitrogens with zero attached hydrogens (tertiary/aromatic N) is 2. The zero-order chi connectivity index (χ0) is 24.8. The molecule has 0 saturated heterocycles. The van der Waals surface area contributed by atoms with Gasteiger partial charge in [-0.15, -0.1) is 0 Å². The maximum Gasteiger partial charge on any atom is 0.149 e. The molecule has 0 aliphatic heterocycles. The summed E-state index contributed by atoms with van der Waals surface area (Å²) in [5.41, 5.74) is 10.7. The van der Waals surface area contributed by atoms with Gasteiger partial charge in [-0.05, 0) is 42.3 Å². The van der Waals surface area contributed by atoms with E-state index in [1.807, 2.05) is 18.4 Å². The third-order valence-electron chi connectivity index (χ3n) is 6.96. The second-order valence-corrected chi connectivity index (χ2v) is 9.34. The molecule has 0 unspecified atom stereocenters. The van der Waals surface area contributed by atoms with Crippen molar-refractivity contribution in [3.8, 4) is 39.3 Å². The molecule has 2 aromatic heterocycles. The Bertz CT molecular complexity index is 1820. The fourth-order valence-corrected chi connectivity index (χ4v) is 5.23. The first-order chi connectivity index (χ1) is 18.3. The zero-order valence-corrected chi connectivity index (χ0v) is 20.4. The summed E-state index contributed by atoms with van der Waals surface area (Å²) < 4.78 is 8.33. The molecule has 37 heavy (non-hydrogen) atoms. The Morgan fingerprint density at radius 3 is 1.97 bits per heavy atom. The van der Waals surface area contributed by atoms with Crippen molar-refractivity contribution < 1.29 is 4.42 Å². The van der Waals surface area contributed by atoms with Crippen molar-refractivity contribution in [1.29, 1.82) is 0 Å². The molecule has 0 aliphatic rings. The van der Waals surface area contributed by atoms with E-state index in [4.69, 9.17) is 9.40 Å². The van der Waals surface area contributed by atoms with Crippen LogP contribution in [0.3, 0.4) is 0 Å². The van der Waals surface area contributed by atoms with Gasteiger partial charge in [0, 0.05) is 16.5 Å². The average molecular weight is 477 g/mol. The van der Waals surface area contributed by atoms with E-state index in [-0.39, 0.29) is 0 Å². The van der Waals surface area contributed by atoms with E-state index in [1.54, 1.807) is 0 Å². The minimum absolute atomic E-state index is 0.860. The summed E-state index contributed by atoms with van der Waals surface area (Å²) in [4.78, 5) is 5.18. The van der Waals surface area contributed by atoms with Crippen LogP contribution in [-0.4, -0.2) is 9.55 Å². The van der Waals surface area contributed by atoms with Crippen molar-refractivity contribution in [3.05, 3.63) is 133 Å². The molecule has 7 rings (SSSR count). The van der Waals surface area contributed by atoms with Crippen LogP contribution in [0.4, 0.5) is 0 Å². The first-order valence-electron chi connectivity index (χ1n) is 12.5. The molecule has 0 bridgehead atoms. The maximum atomic E-state index is 6.02. The van der Waals surface area contributed by atoms with Gasteiger partial charge in [-0.25, -0.2) is 4.98 Å². The molecule has 5 aromatic carbocycles. The van der Waals surface area contributed by atoms with Gasteiger partial charge < -0.3 is 4.42 Å². The Kier molecular flexibility index (Phi) is 5.00. The van der Waals surface area contributed by atoms with Crippen LogP contribution >= 0.6 is 0 Å². The second kappa shape index (κ2) is 8.65. The predicted molar refractivity (Wildman–Crippen MR) is 152 cm³/mol. The molecule has 7 aromatic rings. The highest BCUT2D eigenvalue weighted by molar-refractivity contribution is 5.98. The van der Waals surface area contributed by atoms with E-state index in [9.17, 15) is 0 Å². The smallest absolute Gasteiger partial charge is 0.149 e. The highest BCUT2D eigenvalue weighted by atomic mass is 16.3. The van der Waals surface area contributed by atoms with Gasteiger partial charge in [0.2, 0.25) is 0 Å². The number of para-hydroxylation sites is 3. The van der Waals surface area contributed by atoms with Crippen LogP contribution in [0.15, 0.2) is 132 Å². The second-order valence-electron chi connectivity index (χ2n) is 9.34. The average Bonchev–Trinajstić information content (AvgIpc) is 3.54. The molecular weight excluding hydrogens is 452 g/mol. The molecule has 0 radical (unpaired) electrons. The number of hydrogen-bond acceptors (Lipinski definition) is 2. The monoisotopic (exact) mass is 476 g/mol. The SMILES string of the molecule is Cc1ccc2occ(-c3nc4ccccc4n3-c3c(-c4ccccc4)cccc3-c3ccccc3)c2c1. The minimum atomic E-state index is 0.860. The Morgan fingerprint density at radius 1 is 0.622 bits per heavy atom. The highest BCUT2D eigenvalue weighted by Crippen LogP contribution is 2.41. The molecule has 0 atom stereocenters. The quantitative estimate of drug-likeness (QED) is 0.254. The lowest BCUT2D eigenvalue weighted by Gasteiger charge is -2.19. The fourth-order valence-electron chi connectivity index (χ4n) is 5.23. The molecule has 176 valence electrons. The van der Waals surface area contributed by atoms with Gasteiger partial charge in [0.1, 0.15) is 17.7 Å². The van der Waals surface area contributed by atoms with Crippen molar-refractivity contribution in [1.82, 2.24) is 9.55 Å². The summed E-state index contributed by atoms with van der Waals surface area (Å²) in [5, 5.41) is 1.06. The van der Waals surface area contributed by atoms with E-state index >= 15 is 0 Å². The Hall–Kier alpha value is -4.89. The number of imidazole rings is 1. The summed E-state index contributed by atoms with van der Waals surface area (Å²) >= 11 is 0. The van der Waals surface area contributed by atoms with Gasteiger partial charge in [-0.2, -0.15) is 0 Å². The van der Waals surface area contributed by atoms with E-state index in [1.165, 1.54) is 5.56 Å². The molecular formula is C34H24N2O. The number of benzene rings is 5. The Balaban J connectivity index is 1.63. The lowest BCUT2D eigenvalue weighted by Crippen LogP contribution is -2.03. The van der Waals surface area contributed by atoms with Crippen LogP contribution in [0, 0.1) is 6.92 Å². The van der Waals surface area contributed by atoms with Gasteiger partial charge in [0.15, 0.2) is 0 Å². The van der Waals surface area contributed by atoms with Crippen molar-refractivity contribution in [2.24, 2.45) is 0 Å². The van der Waals surface area contributed by atoms with E-state index < -0.39 is 0 Å². The number of rotatable bonds is 4. The Labute approximate surface area is 215 Å². The van der Waals surface area contributed by atoms with Crippen LogP contribution in [0.2, 0.25) is 0 Å². The number of hydrogen-bond donors (Lipinski definition) is 0. The summed E-state index contributed by atoms with van der Waals surface area (Å²) in [5.74, 6) is 0.867. The number of fused-ring (bicyclic) bond motifs is 2. The molecule has 2 heterocycles. The highest BCUT2D eigenvalue weighted by Gasteiger charge is 2.23. The molecule has 0 amide bonds. The topological polar surface area (TPSA) is 31.0 Å². The first kappa shape index (κ1) is 21.4. The van der Waals surface area contributed by atoms with Crippen LogP contribution < -0.4 is 0 Å². The number of furan rings is 1. The van der Waals surface area contributed by atoms with Gasteiger partial charge in [-0.1, -0.05) is 103 Å². The third-order valence-corrected chi connectivity index (χ3v) is 6.96. The zero-order valence-electron chi connectivity index (χ0n) is 20.4. The van der Waals surface area contributed by atoms with Crippen LogP contribution in [0.25, 0.3) is 61.3 Å². The van der Waals surface area contributed by atoms with Crippen LogP contribution in [0.1, 0.15) is 5.56 Å². The lowest BCUT2D eigenvalue weighted by molar-refractivity contribution is 0.616. The Morgan fingerprint density at radius 2 is 1.27 bits per heavy atom. The molecule has 0 aliphatic carbocycles. The van der Waals surface area contributed by atoms with Gasteiger partial charge in [0.05, 0.1) is 22.3 Å². The van der Waals surface area contributed by atoms with E-state index in [0.29, 0.717) is 0 Å². The lowest BCUT2D eigenvalue weighted by atomic mass is 9.95. The van der Waals surface area contributed by atoms with Crippen molar-refractivity contribution in [2.75, 3.05) is 0 Å². The van der Waals surface area contributed by atoms with Gasteiger partial charge in [-0.3, -0.25) is 4.57 Å². The molecule has 0 spiro atoms.